The molecule has 1 aromatic rings. The van der Waals surface area contributed by atoms with E-state index in [4.69, 9.17) is 4.52 Å². The Kier molecular flexibility index (Phi) is 18.3. The van der Waals surface area contributed by atoms with Crippen LogP contribution in [0, 0.1) is 0 Å². The molecular formula is C30H57O3P. The summed E-state index contributed by atoms with van der Waals surface area (Å²) in [6.45, 7) is 4.96. The molecule has 0 amide bonds. The topological polar surface area (TPSA) is 49.7 Å². The third-order valence-electron chi connectivity index (χ3n) is 7.05. The van der Waals surface area contributed by atoms with Gasteiger partial charge in [0.1, 0.15) is 0 Å². The fourth-order valence-electron chi connectivity index (χ4n) is 4.73. The molecule has 2 N–H and O–H groups in total. The molecule has 0 unspecified atom stereocenters. The molecule has 0 aliphatic carbocycles. The van der Waals surface area contributed by atoms with Gasteiger partial charge in [-0.1, -0.05) is 6.92 Å². The first-order valence-electron chi connectivity index (χ1n) is 14.7. The maximum atomic E-state index is 11.5. The van der Waals surface area contributed by atoms with Gasteiger partial charge in [-0.05, 0) is 0 Å². The van der Waals surface area contributed by atoms with Crippen LogP contribution < -0.4 is 5.30 Å². The molecule has 0 aliphatic rings. The standard InChI is InChI=1S/C30H57O3P/c1-3-5-7-9-11-13-15-17-19-24-28-33-34(31,32,30-26-22-21-23-27-30)29-25-20-18-16-14-12-10-8-6-4-2/h21-23,26-27,31-32H,3-20,24-25,28-29H2,1-2H3. The van der Waals surface area contributed by atoms with Crippen LogP contribution in [0.3, 0.4) is 0 Å². The van der Waals surface area contributed by atoms with Gasteiger partial charge in [-0.15, -0.1) is 0 Å². The Morgan fingerprint density at radius 1 is 0.529 bits per heavy atom. The zero-order valence-electron chi connectivity index (χ0n) is 22.7. The second-order valence-electron chi connectivity index (χ2n) is 10.4. The van der Waals surface area contributed by atoms with Crippen LogP contribution in [0.2, 0.25) is 0 Å². The van der Waals surface area contributed by atoms with E-state index in [1.807, 2.05) is 30.3 Å². The van der Waals surface area contributed by atoms with Crippen molar-refractivity contribution < 1.29 is 14.3 Å². The zero-order chi connectivity index (χ0) is 24.8. The molecule has 0 heterocycles. The Morgan fingerprint density at radius 2 is 0.912 bits per heavy atom. The van der Waals surface area contributed by atoms with Crippen LogP contribution in [0.15, 0.2) is 30.3 Å². The number of benzene rings is 1. The van der Waals surface area contributed by atoms with Crippen molar-refractivity contribution in [2.24, 2.45) is 0 Å². The Bertz CT molecular complexity index is 576. The van der Waals surface area contributed by atoms with Crippen molar-refractivity contribution in [3.05, 3.63) is 30.3 Å². The van der Waals surface area contributed by atoms with E-state index < -0.39 is 7.28 Å². The third-order valence-corrected chi connectivity index (χ3v) is 10.2. The predicted octanol–water partition coefficient (Wildman–Crippen LogP) is 9.45. The van der Waals surface area contributed by atoms with Crippen LogP contribution in [0.1, 0.15) is 142 Å². The zero-order valence-corrected chi connectivity index (χ0v) is 23.6. The maximum absolute atomic E-state index is 11.5. The van der Waals surface area contributed by atoms with Gasteiger partial charge in [0.15, 0.2) is 0 Å². The number of hydrogen-bond acceptors (Lipinski definition) is 3. The van der Waals surface area contributed by atoms with Gasteiger partial charge in [-0.2, -0.15) is 0 Å². The van der Waals surface area contributed by atoms with Crippen LogP contribution in [0.5, 0.6) is 0 Å². The van der Waals surface area contributed by atoms with E-state index in [1.54, 1.807) is 0 Å². The first-order chi connectivity index (χ1) is 16.5. The molecule has 0 radical (unpaired) electrons. The molecule has 0 bridgehead atoms. The number of rotatable bonds is 24. The molecule has 200 valence electrons. The molecule has 1 aromatic carbocycles. The van der Waals surface area contributed by atoms with Gasteiger partial charge in [0.2, 0.25) is 0 Å². The molecule has 0 fully saturated rings. The van der Waals surface area contributed by atoms with E-state index in [0.29, 0.717) is 18.1 Å². The van der Waals surface area contributed by atoms with Crippen LogP contribution in [0.25, 0.3) is 0 Å². The van der Waals surface area contributed by atoms with E-state index >= 15 is 0 Å². The Labute approximate surface area is 212 Å². The van der Waals surface area contributed by atoms with E-state index in [1.165, 1.54) is 103 Å². The van der Waals surface area contributed by atoms with Crippen molar-refractivity contribution in [3.8, 4) is 0 Å². The Balaban J connectivity index is 2.29. The molecule has 0 saturated carbocycles. The SMILES string of the molecule is CCCCCCCCCCCCOP(O)(O)(CCCCCCCCCCCC)c1ccccc1. The van der Waals surface area contributed by atoms with E-state index in [2.05, 4.69) is 13.8 Å². The van der Waals surface area contributed by atoms with Gasteiger partial charge < -0.3 is 0 Å². The van der Waals surface area contributed by atoms with Crippen molar-refractivity contribution in [2.45, 2.75) is 142 Å². The van der Waals surface area contributed by atoms with Crippen molar-refractivity contribution in [2.75, 3.05) is 12.8 Å². The van der Waals surface area contributed by atoms with Crippen LogP contribution in [-0.2, 0) is 4.52 Å². The van der Waals surface area contributed by atoms with Gasteiger partial charge in [-0.3, -0.25) is 0 Å². The van der Waals surface area contributed by atoms with Crippen molar-refractivity contribution in [3.63, 3.8) is 0 Å². The molecule has 1 rings (SSSR count). The van der Waals surface area contributed by atoms with Crippen molar-refractivity contribution in [1.29, 1.82) is 0 Å². The molecule has 0 atom stereocenters. The molecule has 3 nitrogen and oxygen atoms in total. The molecule has 0 spiro atoms. The summed E-state index contributed by atoms with van der Waals surface area (Å²) in [6, 6.07) is 9.33. The summed E-state index contributed by atoms with van der Waals surface area (Å²) < 4.78 is 6.00. The fraction of sp³-hybridized carbons (Fsp3) is 0.800. The third kappa shape index (κ3) is 14.8. The molecule has 0 aromatic heterocycles. The Morgan fingerprint density at radius 3 is 1.35 bits per heavy atom. The van der Waals surface area contributed by atoms with Crippen LogP contribution >= 0.6 is 7.28 Å². The quantitative estimate of drug-likeness (QED) is 0.111. The van der Waals surface area contributed by atoms with E-state index in [0.717, 1.165) is 25.7 Å². The second kappa shape index (κ2) is 19.7. The first kappa shape index (κ1) is 31.6. The van der Waals surface area contributed by atoms with Gasteiger partial charge in [0.05, 0.1) is 0 Å². The first-order valence-corrected chi connectivity index (χ1v) is 17.0. The van der Waals surface area contributed by atoms with Crippen LogP contribution in [-0.4, -0.2) is 22.6 Å². The minimum absolute atomic E-state index is 0.351. The summed E-state index contributed by atoms with van der Waals surface area (Å²) in [5, 5.41) is 0.580. The average Bonchev–Trinajstić information content (AvgIpc) is 2.84. The Hall–Kier alpha value is -0.470. The van der Waals surface area contributed by atoms with Gasteiger partial charge in [0.25, 0.3) is 0 Å². The fourth-order valence-corrected chi connectivity index (χ4v) is 7.34. The molecule has 4 heteroatoms. The number of unbranched alkanes of at least 4 members (excludes halogenated alkanes) is 18. The van der Waals surface area contributed by atoms with Gasteiger partial charge in [0, 0.05) is 0 Å². The second-order valence-corrected chi connectivity index (χ2v) is 13.8. The molecule has 34 heavy (non-hydrogen) atoms. The summed E-state index contributed by atoms with van der Waals surface area (Å²) in [5.41, 5.74) is 0. The van der Waals surface area contributed by atoms with Gasteiger partial charge in [-0.25, -0.2) is 0 Å². The van der Waals surface area contributed by atoms with Gasteiger partial charge >= 0.3 is 205 Å². The molecular weight excluding hydrogens is 439 g/mol. The summed E-state index contributed by atoms with van der Waals surface area (Å²) in [6.07, 6.45) is 25.3. The van der Waals surface area contributed by atoms with Crippen LogP contribution in [0.4, 0.5) is 0 Å². The summed E-state index contributed by atoms with van der Waals surface area (Å²) >= 11 is 0. The minimum atomic E-state index is -4.30. The molecule has 0 saturated heterocycles. The summed E-state index contributed by atoms with van der Waals surface area (Å²) in [7, 11) is -4.30. The van der Waals surface area contributed by atoms with Crippen molar-refractivity contribution >= 4 is 12.6 Å². The average molecular weight is 497 g/mol. The number of hydrogen-bond donors (Lipinski definition) is 2. The summed E-state index contributed by atoms with van der Waals surface area (Å²) in [4.78, 5) is 23.0. The predicted molar refractivity (Wildman–Crippen MR) is 152 cm³/mol. The van der Waals surface area contributed by atoms with E-state index in [9.17, 15) is 9.79 Å². The van der Waals surface area contributed by atoms with E-state index in [-0.39, 0.29) is 0 Å². The normalized spacial score (nSPS) is 13.1. The monoisotopic (exact) mass is 496 g/mol. The van der Waals surface area contributed by atoms with Crippen molar-refractivity contribution in [1.82, 2.24) is 0 Å². The summed E-state index contributed by atoms with van der Waals surface area (Å²) in [5.74, 6) is 0. The molecule has 0 aliphatic heterocycles.